The maximum Gasteiger partial charge on any atom is 0.397 e. The van der Waals surface area contributed by atoms with Gasteiger partial charge in [-0.25, -0.2) is 4.18 Å². The number of ether oxygens (including phenoxy) is 1. The summed E-state index contributed by atoms with van der Waals surface area (Å²) in [6, 6.07) is 0. The molecule has 1 unspecified atom stereocenters. The highest BCUT2D eigenvalue weighted by Gasteiger charge is 2.19. The number of hydrogen-bond donors (Lipinski definition) is 1. The molecule has 0 aromatic heterocycles. The Morgan fingerprint density at radius 3 is 2.73 bits per heavy atom. The fourth-order valence-electron chi connectivity index (χ4n) is 0.959. The van der Waals surface area contributed by atoms with Crippen LogP contribution in [0.25, 0.3) is 0 Å². The molecule has 1 atom stereocenters. The topological polar surface area (TPSA) is 72.8 Å². The van der Waals surface area contributed by atoms with Crippen molar-refractivity contribution in [3.63, 3.8) is 0 Å². The second kappa shape index (κ2) is 3.48. The second-order valence-corrected chi connectivity index (χ2v) is 3.41. The Morgan fingerprint density at radius 2 is 2.27 bits per heavy atom. The van der Waals surface area contributed by atoms with Crippen molar-refractivity contribution >= 4 is 10.4 Å². The van der Waals surface area contributed by atoms with Crippen LogP contribution in [0.1, 0.15) is 12.8 Å². The zero-order valence-electron chi connectivity index (χ0n) is 5.89. The number of rotatable bonds is 2. The predicted molar refractivity (Wildman–Crippen MR) is 36.5 cm³/mol. The highest BCUT2D eigenvalue weighted by atomic mass is 32.3. The lowest BCUT2D eigenvalue weighted by Crippen LogP contribution is -2.27. The van der Waals surface area contributed by atoms with Crippen molar-refractivity contribution in [1.29, 1.82) is 0 Å². The summed E-state index contributed by atoms with van der Waals surface area (Å²) in [5.74, 6) is 0. The van der Waals surface area contributed by atoms with Crippen molar-refractivity contribution in [2.75, 3.05) is 13.2 Å². The lowest BCUT2D eigenvalue weighted by molar-refractivity contribution is 0.00555. The monoisotopic (exact) mass is 182 g/mol. The summed E-state index contributed by atoms with van der Waals surface area (Å²) in [4.78, 5) is 0. The molecule has 1 rings (SSSR count). The van der Waals surface area contributed by atoms with Gasteiger partial charge in [-0.1, -0.05) is 0 Å². The van der Waals surface area contributed by atoms with Gasteiger partial charge in [0.05, 0.1) is 6.61 Å². The Hall–Kier alpha value is -0.170. The average Bonchev–Trinajstić information content (AvgIpc) is 1.85. The zero-order valence-corrected chi connectivity index (χ0v) is 6.71. The van der Waals surface area contributed by atoms with Gasteiger partial charge < -0.3 is 4.74 Å². The van der Waals surface area contributed by atoms with Crippen LogP contribution in [-0.2, 0) is 19.3 Å². The van der Waals surface area contributed by atoms with E-state index in [1.807, 2.05) is 0 Å². The van der Waals surface area contributed by atoms with Gasteiger partial charge in [-0.2, -0.15) is 8.42 Å². The summed E-state index contributed by atoms with van der Waals surface area (Å²) in [6.07, 6.45) is 0.860. The molecule has 1 aliphatic heterocycles. The van der Waals surface area contributed by atoms with Gasteiger partial charge in [0.25, 0.3) is 0 Å². The SMILES string of the molecule is O=S(=O)(O)OC1CCCOC1. The molecule has 1 saturated heterocycles. The first-order valence-corrected chi connectivity index (χ1v) is 4.68. The molecule has 1 heterocycles. The first-order valence-electron chi connectivity index (χ1n) is 3.31. The smallest absolute Gasteiger partial charge is 0.379 e. The lowest BCUT2D eigenvalue weighted by atomic mass is 10.2. The van der Waals surface area contributed by atoms with Crippen molar-refractivity contribution in [1.82, 2.24) is 0 Å². The van der Waals surface area contributed by atoms with Gasteiger partial charge in [-0.05, 0) is 12.8 Å². The van der Waals surface area contributed by atoms with Gasteiger partial charge in [0.15, 0.2) is 0 Å². The van der Waals surface area contributed by atoms with Gasteiger partial charge >= 0.3 is 10.4 Å². The molecule has 0 aliphatic carbocycles. The lowest BCUT2D eigenvalue weighted by Gasteiger charge is -2.19. The van der Waals surface area contributed by atoms with Crippen molar-refractivity contribution in [3.05, 3.63) is 0 Å². The van der Waals surface area contributed by atoms with Crippen LogP contribution in [0.5, 0.6) is 0 Å². The highest BCUT2D eigenvalue weighted by Crippen LogP contribution is 2.11. The average molecular weight is 182 g/mol. The van der Waals surface area contributed by atoms with Crippen LogP contribution in [0.15, 0.2) is 0 Å². The molecular formula is C5H10O5S. The van der Waals surface area contributed by atoms with Crippen LogP contribution in [0.4, 0.5) is 0 Å². The van der Waals surface area contributed by atoms with Crippen LogP contribution < -0.4 is 0 Å². The minimum atomic E-state index is -4.30. The van der Waals surface area contributed by atoms with Crippen molar-refractivity contribution in [3.8, 4) is 0 Å². The maximum atomic E-state index is 10.2. The molecule has 0 aromatic carbocycles. The third kappa shape index (κ3) is 3.66. The van der Waals surface area contributed by atoms with Crippen LogP contribution in [0, 0.1) is 0 Å². The molecular weight excluding hydrogens is 172 g/mol. The van der Waals surface area contributed by atoms with Crippen molar-refractivity contribution in [2.24, 2.45) is 0 Å². The molecule has 1 fully saturated rings. The molecule has 0 spiro atoms. The molecule has 0 radical (unpaired) electrons. The summed E-state index contributed by atoms with van der Waals surface area (Å²) in [5, 5.41) is 0. The van der Waals surface area contributed by atoms with E-state index in [2.05, 4.69) is 4.18 Å². The first kappa shape index (κ1) is 8.92. The normalized spacial score (nSPS) is 26.8. The summed E-state index contributed by atoms with van der Waals surface area (Å²) in [6.45, 7) is 0.866. The van der Waals surface area contributed by atoms with Gasteiger partial charge in [-0.3, -0.25) is 4.55 Å². The van der Waals surface area contributed by atoms with Crippen LogP contribution in [0.3, 0.4) is 0 Å². The van der Waals surface area contributed by atoms with E-state index in [1.165, 1.54) is 0 Å². The summed E-state index contributed by atoms with van der Waals surface area (Å²) in [5.41, 5.74) is 0. The standard InChI is InChI=1S/C5H10O5S/c6-11(7,8)10-5-2-1-3-9-4-5/h5H,1-4H2,(H,6,7,8). The Balaban J connectivity index is 2.36. The van der Waals surface area contributed by atoms with Crippen LogP contribution in [0.2, 0.25) is 0 Å². The molecule has 5 nitrogen and oxygen atoms in total. The largest absolute Gasteiger partial charge is 0.397 e. The maximum absolute atomic E-state index is 10.2. The van der Waals surface area contributed by atoms with Gasteiger partial charge in [0.1, 0.15) is 6.10 Å². The van der Waals surface area contributed by atoms with E-state index in [-0.39, 0.29) is 6.61 Å². The van der Waals surface area contributed by atoms with Gasteiger partial charge in [0.2, 0.25) is 0 Å². The molecule has 6 heteroatoms. The summed E-state index contributed by atoms with van der Waals surface area (Å²) < 4.78 is 37.8. The Morgan fingerprint density at radius 1 is 1.55 bits per heavy atom. The zero-order chi connectivity index (χ0) is 8.32. The van der Waals surface area contributed by atoms with E-state index in [0.29, 0.717) is 13.0 Å². The summed E-state index contributed by atoms with van der Waals surface area (Å²) >= 11 is 0. The molecule has 1 aliphatic rings. The molecule has 0 aromatic rings. The Bertz CT molecular complexity index is 203. The fraction of sp³-hybridized carbons (Fsp3) is 1.00. The second-order valence-electron chi connectivity index (χ2n) is 2.36. The van der Waals surface area contributed by atoms with E-state index in [9.17, 15) is 8.42 Å². The van der Waals surface area contributed by atoms with Crippen molar-refractivity contribution < 1.29 is 21.9 Å². The first-order chi connectivity index (χ1) is 5.08. The Kier molecular flexibility index (Phi) is 2.83. The fourth-order valence-corrected chi connectivity index (χ4v) is 1.45. The highest BCUT2D eigenvalue weighted by molar-refractivity contribution is 7.80. The molecule has 0 amide bonds. The molecule has 1 N–H and O–H groups in total. The number of hydrogen-bond acceptors (Lipinski definition) is 4. The minimum absolute atomic E-state index is 0.236. The van der Waals surface area contributed by atoms with E-state index >= 15 is 0 Å². The van der Waals surface area contributed by atoms with E-state index in [4.69, 9.17) is 9.29 Å². The third-order valence-corrected chi connectivity index (χ3v) is 1.89. The van der Waals surface area contributed by atoms with Crippen molar-refractivity contribution in [2.45, 2.75) is 18.9 Å². The third-order valence-electron chi connectivity index (χ3n) is 1.38. The quantitative estimate of drug-likeness (QED) is 0.608. The molecule has 0 saturated carbocycles. The van der Waals surface area contributed by atoms with Gasteiger partial charge in [-0.15, -0.1) is 0 Å². The van der Waals surface area contributed by atoms with Crippen LogP contribution >= 0.6 is 0 Å². The molecule has 0 bridgehead atoms. The summed E-state index contributed by atoms with van der Waals surface area (Å²) in [7, 11) is -4.30. The van der Waals surface area contributed by atoms with E-state index in [1.54, 1.807) is 0 Å². The van der Waals surface area contributed by atoms with E-state index < -0.39 is 16.5 Å². The van der Waals surface area contributed by atoms with Crippen LogP contribution in [-0.4, -0.2) is 32.3 Å². The van der Waals surface area contributed by atoms with E-state index in [0.717, 1.165) is 6.42 Å². The minimum Gasteiger partial charge on any atom is -0.379 e. The van der Waals surface area contributed by atoms with Gasteiger partial charge in [0, 0.05) is 6.61 Å². The molecule has 11 heavy (non-hydrogen) atoms. The predicted octanol–water partition coefficient (Wildman–Crippen LogP) is -0.0152. The molecule has 66 valence electrons. The Labute approximate surface area is 65.3 Å².